The van der Waals surface area contributed by atoms with Crippen LogP contribution in [0, 0.1) is 0 Å². The summed E-state index contributed by atoms with van der Waals surface area (Å²) in [5.74, 6) is -0.124. The molecule has 0 aliphatic carbocycles. The topological polar surface area (TPSA) is 44.8 Å². The van der Waals surface area contributed by atoms with Crippen LogP contribution in [0.4, 0.5) is 0 Å². The summed E-state index contributed by atoms with van der Waals surface area (Å²) in [6.07, 6.45) is 5.58. The van der Waals surface area contributed by atoms with Crippen LogP contribution in [0.5, 0.6) is 0 Å². The molecule has 0 aromatic heterocycles. The van der Waals surface area contributed by atoms with E-state index in [1.807, 2.05) is 0 Å². The fraction of sp³-hybridized carbons (Fsp3) is 0.923. The minimum absolute atomic E-state index is 0.124. The molecule has 4 heteroatoms. The van der Waals surface area contributed by atoms with Crippen molar-refractivity contribution in [3.05, 3.63) is 0 Å². The minimum Gasteiger partial charge on any atom is -0.463 e. The van der Waals surface area contributed by atoms with Gasteiger partial charge in [0.1, 0.15) is 6.61 Å². The van der Waals surface area contributed by atoms with Crippen LogP contribution in [0.1, 0.15) is 45.4 Å². The lowest BCUT2D eigenvalue weighted by molar-refractivity contribution is -0.145. The van der Waals surface area contributed by atoms with E-state index < -0.39 is 0 Å². The zero-order chi connectivity index (χ0) is 12.8. The average Bonchev–Trinajstić information content (AvgIpc) is 2.33. The van der Waals surface area contributed by atoms with Crippen LogP contribution in [0.15, 0.2) is 0 Å². The van der Waals surface area contributed by atoms with E-state index >= 15 is 0 Å². The number of ether oxygens (including phenoxy) is 3. The maximum absolute atomic E-state index is 11.3. The lowest BCUT2D eigenvalue weighted by Crippen LogP contribution is -2.10. The normalized spacial score (nSPS) is 10.5. The molecule has 0 unspecified atom stereocenters. The van der Waals surface area contributed by atoms with Gasteiger partial charge in [-0.2, -0.15) is 0 Å². The third-order valence-electron chi connectivity index (χ3n) is 2.36. The van der Waals surface area contributed by atoms with Gasteiger partial charge in [0, 0.05) is 26.7 Å². The molecule has 0 aromatic rings. The van der Waals surface area contributed by atoms with Gasteiger partial charge in [-0.25, -0.2) is 0 Å². The smallest absolute Gasteiger partial charge is 0.305 e. The fourth-order valence-corrected chi connectivity index (χ4v) is 1.33. The Morgan fingerprint density at radius 2 is 1.76 bits per heavy atom. The van der Waals surface area contributed by atoms with Crippen LogP contribution >= 0.6 is 0 Å². The first-order valence-corrected chi connectivity index (χ1v) is 6.53. The quantitative estimate of drug-likeness (QED) is 0.392. The van der Waals surface area contributed by atoms with Crippen LogP contribution in [0.2, 0.25) is 0 Å². The maximum atomic E-state index is 11.3. The van der Waals surface area contributed by atoms with E-state index in [1.54, 1.807) is 7.11 Å². The maximum Gasteiger partial charge on any atom is 0.305 e. The van der Waals surface area contributed by atoms with Gasteiger partial charge in [-0.05, 0) is 19.3 Å². The first kappa shape index (κ1) is 16.4. The Kier molecular flexibility index (Phi) is 13.0. The molecule has 0 N–H and O–H groups in total. The molecule has 0 rings (SSSR count). The van der Waals surface area contributed by atoms with Crippen molar-refractivity contribution in [2.75, 3.05) is 33.5 Å². The van der Waals surface area contributed by atoms with Crippen molar-refractivity contribution in [3.63, 3.8) is 0 Å². The highest BCUT2D eigenvalue weighted by molar-refractivity contribution is 5.69. The van der Waals surface area contributed by atoms with E-state index in [1.165, 1.54) is 0 Å². The first-order valence-electron chi connectivity index (χ1n) is 6.53. The number of unbranched alkanes of at least 4 members (excludes halogenated alkanes) is 3. The molecule has 0 aliphatic heterocycles. The molecule has 0 radical (unpaired) electrons. The zero-order valence-corrected chi connectivity index (χ0v) is 11.2. The van der Waals surface area contributed by atoms with Gasteiger partial charge in [0.25, 0.3) is 0 Å². The van der Waals surface area contributed by atoms with Gasteiger partial charge in [-0.3, -0.25) is 4.79 Å². The second kappa shape index (κ2) is 13.5. The Bertz CT molecular complexity index is 171. The van der Waals surface area contributed by atoms with Crippen molar-refractivity contribution >= 4 is 5.97 Å². The summed E-state index contributed by atoms with van der Waals surface area (Å²) in [4.78, 5) is 11.3. The number of carbonyl (C=O) groups is 1. The molecule has 0 atom stereocenters. The molecule has 0 amide bonds. The van der Waals surface area contributed by atoms with Crippen LogP contribution in [-0.2, 0) is 19.0 Å². The molecular weight excluding hydrogens is 220 g/mol. The highest BCUT2D eigenvalue weighted by Crippen LogP contribution is 2.01. The Labute approximate surface area is 105 Å². The van der Waals surface area contributed by atoms with Crippen molar-refractivity contribution in [3.8, 4) is 0 Å². The van der Waals surface area contributed by atoms with Gasteiger partial charge >= 0.3 is 5.97 Å². The number of methoxy groups -OCH3 is 1. The molecule has 0 bridgehead atoms. The molecular formula is C13H26O4. The second-order valence-corrected chi connectivity index (χ2v) is 3.99. The lowest BCUT2D eigenvalue weighted by Gasteiger charge is -2.05. The van der Waals surface area contributed by atoms with Gasteiger partial charge in [-0.15, -0.1) is 0 Å². The highest BCUT2D eigenvalue weighted by Gasteiger charge is 2.02. The van der Waals surface area contributed by atoms with Crippen molar-refractivity contribution in [2.24, 2.45) is 0 Å². The van der Waals surface area contributed by atoms with Crippen LogP contribution in [0.3, 0.4) is 0 Å². The number of esters is 1. The number of hydrogen-bond donors (Lipinski definition) is 0. The SMILES string of the molecule is CCCCOCCOC(=O)CCCCCOC. The molecule has 0 heterocycles. The molecule has 0 aromatic carbocycles. The van der Waals surface area contributed by atoms with E-state index in [0.717, 1.165) is 45.3 Å². The van der Waals surface area contributed by atoms with Gasteiger partial charge in [0.15, 0.2) is 0 Å². The predicted octanol–water partition coefficient (Wildman–Crippen LogP) is 2.55. The fourth-order valence-electron chi connectivity index (χ4n) is 1.33. The summed E-state index contributed by atoms with van der Waals surface area (Å²) in [5.41, 5.74) is 0. The van der Waals surface area contributed by atoms with Gasteiger partial charge < -0.3 is 14.2 Å². The summed E-state index contributed by atoms with van der Waals surface area (Å²) in [5, 5.41) is 0. The average molecular weight is 246 g/mol. The van der Waals surface area contributed by atoms with Crippen molar-refractivity contribution < 1.29 is 19.0 Å². The van der Waals surface area contributed by atoms with E-state index in [-0.39, 0.29) is 5.97 Å². The Morgan fingerprint density at radius 3 is 2.47 bits per heavy atom. The molecule has 0 saturated carbocycles. The van der Waals surface area contributed by atoms with Crippen molar-refractivity contribution in [1.82, 2.24) is 0 Å². The lowest BCUT2D eigenvalue weighted by atomic mass is 10.2. The molecule has 0 saturated heterocycles. The van der Waals surface area contributed by atoms with Gasteiger partial charge in [-0.1, -0.05) is 19.8 Å². The molecule has 17 heavy (non-hydrogen) atoms. The zero-order valence-electron chi connectivity index (χ0n) is 11.2. The number of hydrogen-bond acceptors (Lipinski definition) is 4. The van der Waals surface area contributed by atoms with E-state index in [2.05, 4.69) is 6.92 Å². The molecule has 102 valence electrons. The summed E-state index contributed by atoms with van der Waals surface area (Å²) >= 11 is 0. The van der Waals surface area contributed by atoms with Crippen molar-refractivity contribution in [1.29, 1.82) is 0 Å². The monoisotopic (exact) mass is 246 g/mol. The Morgan fingerprint density at radius 1 is 0.941 bits per heavy atom. The number of rotatable bonds is 12. The standard InChI is InChI=1S/C13H26O4/c1-3-4-10-16-11-12-17-13(14)8-6-5-7-9-15-2/h3-12H2,1-2H3. The Hall–Kier alpha value is -0.610. The second-order valence-electron chi connectivity index (χ2n) is 3.99. The number of carbonyl (C=O) groups excluding carboxylic acids is 1. The highest BCUT2D eigenvalue weighted by atomic mass is 16.6. The third kappa shape index (κ3) is 13.3. The Balaban J connectivity index is 3.12. The predicted molar refractivity (Wildman–Crippen MR) is 67.0 cm³/mol. The molecule has 0 aliphatic rings. The van der Waals surface area contributed by atoms with E-state index in [4.69, 9.17) is 14.2 Å². The summed E-state index contributed by atoms with van der Waals surface area (Å²) in [6.45, 7) is 4.52. The molecule has 0 spiro atoms. The van der Waals surface area contributed by atoms with E-state index in [0.29, 0.717) is 19.6 Å². The first-order chi connectivity index (χ1) is 8.31. The minimum atomic E-state index is -0.124. The van der Waals surface area contributed by atoms with Crippen LogP contribution in [-0.4, -0.2) is 39.5 Å². The summed E-state index contributed by atoms with van der Waals surface area (Å²) in [6, 6.07) is 0. The van der Waals surface area contributed by atoms with Crippen molar-refractivity contribution in [2.45, 2.75) is 45.4 Å². The van der Waals surface area contributed by atoms with Crippen LogP contribution in [0.25, 0.3) is 0 Å². The summed E-state index contributed by atoms with van der Waals surface area (Å²) in [7, 11) is 1.69. The molecule has 4 nitrogen and oxygen atoms in total. The van der Waals surface area contributed by atoms with Gasteiger partial charge in [0.2, 0.25) is 0 Å². The van der Waals surface area contributed by atoms with Gasteiger partial charge in [0.05, 0.1) is 6.61 Å². The van der Waals surface area contributed by atoms with Crippen LogP contribution < -0.4 is 0 Å². The largest absolute Gasteiger partial charge is 0.463 e. The third-order valence-corrected chi connectivity index (χ3v) is 2.36. The summed E-state index contributed by atoms with van der Waals surface area (Å²) < 4.78 is 15.2. The van der Waals surface area contributed by atoms with E-state index in [9.17, 15) is 4.79 Å². The molecule has 0 fully saturated rings.